The summed E-state index contributed by atoms with van der Waals surface area (Å²) in [5.41, 5.74) is 0.878. The summed E-state index contributed by atoms with van der Waals surface area (Å²) in [5.74, 6) is 0.894. The van der Waals surface area contributed by atoms with Crippen molar-refractivity contribution in [3.63, 3.8) is 0 Å². The van der Waals surface area contributed by atoms with Gasteiger partial charge in [0.1, 0.15) is 11.9 Å². The summed E-state index contributed by atoms with van der Waals surface area (Å²) in [6.07, 6.45) is 4.29. The van der Waals surface area contributed by atoms with E-state index < -0.39 is 0 Å². The average molecular weight is 263 g/mol. The number of aromatic nitrogens is 1. The van der Waals surface area contributed by atoms with Crippen molar-refractivity contribution in [3.05, 3.63) is 35.5 Å². The predicted molar refractivity (Wildman–Crippen MR) is 73.3 cm³/mol. The van der Waals surface area contributed by atoms with Gasteiger partial charge in [0.2, 0.25) is 0 Å². The number of pyridine rings is 1. The van der Waals surface area contributed by atoms with Gasteiger partial charge in [0.05, 0.1) is 5.52 Å². The Morgan fingerprint density at radius 1 is 1.33 bits per heavy atom. The average Bonchev–Trinajstić information content (AvgIpc) is 2.40. The van der Waals surface area contributed by atoms with Crippen molar-refractivity contribution in [2.45, 2.75) is 18.9 Å². The van der Waals surface area contributed by atoms with Crippen LogP contribution in [0.5, 0.6) is 5.75 Å². The fourth-order valence-electron chi connectivity index (χ4n) is 2.30. The van der Waals surface area contributed by atoms with Gasteiger partial charge in [0.15, 0.2) is 0 Å². The molecule has 1 aliphatic heterocycles. The van der Waals surface area contributed by atoms with Crippen molar-refractivity contribution in [3.8, 4) is 5.75 Å². The van der Waals surface area contributed by atoms with E-state index in [2.05, 4.69) is 10.3 Å². The van der Waals surface area contributed by atoms with Crippen molar-refractivity contribution in [2.75, 3.05) is 13.1 Å². The molecule has 1 atom stereocenters. The molecule has 1 N–H and O–H groups in total. The number of piperidine rings is 1. The van der Waals surface area contributed by atoms with E-state index in [0.29, 0.717) is 5.02 Å². The standard InChI is InChI=1S/C14H15ClN2O/c15-10-3-4-12-13(8-10)17-7-5-14(12)18-11-2-1-6-16-9-11/h3-5,7-8,11,16H,1-2,6,9H2/t11-/m0/s1. The summed E-state index contributed by atoms with van der Waals surface area (Å²) in [6.45, 7) is 2.00. The Morgan fingerprint density at radius 3 is 3.11 bits per heavy atom. The van der Waals surface area contributed by atoms with Crippen molar-refractivity contribution in [1.29, 1.82) is 0 Å². The first kappa shape index (κ1) is 11.8. The molecule has 1 aromatic carbocycles. The van der Waals surface area contributed by atoms with E-state index in [1.165, 1.54) is 6.42 Å². The van der Waals surface area contributed by atoms with E-state index in [9.17, 15) is 0 Å². The summed E-state index contributed by atoms with van der Waals surface area (Å²) in [7, 11) is 0. The Morgan fingerprint density at radius 2 is 2.28 bits per heavy atom. The highest BCUT2D eigenvalue weighted by Crippen LogP contribution is 2.27. The zero-order valence-corrected chi connectivity index (χ0v) is 10.8. The molecule has 1 aliphatic rings. The van der Waals surface area contributed by atoms with Crippen LogP contribution < -0.4 is 10.1 Å². The topological polar surface area (TPSA) is 34.1 Å². The highest BCUT2D eigenvalue weighted by molar-refractivity contribution is 6.31. The van der Waals surface area contributed by atoms with E-state index in [1.807, 2.05) is 24.3 Å². The molecule has 0 amide bonds. The Labute approximate surface area is 111 Å². The van der Waals surface area contributed by atoms with Crippen molar-refractivity contribution in [1.82, 2.24) is 10.3 Å². The zero-order chi connectivity index (χ0) is 12.4. The van der Waals surface area contributed by atoms with E-state index in [0.717, 1.165) is 36.2 Å². The molecule has 3 rings (SSSR count). The molecule has 1 aromatic heterocycles. The van der Waals surface area contributed by atoms with Gasteiger partial charge in [-0.05, 0) is 43.7 Å². The lowest BCUT2D eigenvalue weighted by atomic mass is 10.1. The Hall–Kier alpha value is -1.32. The summed E-state index contributed by atoms with van der Waals surface area (Å²) in [6, 6.07) is 7.63. The van der Waals surface area contributed by atoms with Crippen LogP contribution in [0.25, 0.3) is 10.9 Å². The molecule has 1 saturated heterocycles. The normalized spacial score (nSPS) is 19.9. The quantitative estimate of drug-likeness (QED) is 0.903. The molecule has 0 spiro atoms. The van der Waals surface area contributed by atoms with E-state index >= 15 is 0 Å². The zero-order valence-electron chi connectivity index (χ0n) is 10.0. The summed E-state index contributed by atoms with van der Waals surface area (Å²) >= 11 is 5.97. The minimum Gasteiger partial charge on any atom is -0.488 e. The second-order valence-electron chi connectivity index (χ2n) is 4.56. The first-order valence-electron chi connectivity index (χ1n) is 6.24. The second kappa shape index (κ2) is 5.12. The molecule has 2 aromatic rings. The Bertz CT molecular complexity index is 552. The van der Waals surface area contributed by atoms with Gasteiger partial charge >= 0.3 is 0 Å². The molecule has 4 heteroatoms. The van der Waals surface area contributed by atoms with Gasteiger partial charge in [-0.1, -0.05) is 11.6 Å². The number of halogens is 1. The van der Waals surface area contributed by atoms with Crippen LogP contribution in [0.3, 0.4) is 0 Å². The molecule has 2 heterocycles. The van der Waals surface area contributed by atoms with Crippen molar-refractivity contribution < 1.29 is 4.74 Å². The fraction of sp³-hybridized carbons (Fsp3) is 0.357. The molecule has 0 unspecified atom stereocenters. The molecule has 3 nitrogen and oxygen atoms in total. The molecule has 18 heavy (non-hydrogen) atoms. The number of hydrogen-bond acceptors (Lipinski definition) is 3. The lowest BCUT2D eigenvalue weighted by Crippen LogP contribution is -2.37. The molecule has 0 saturated carbocycles. The van der Waals surface area contributed by atoms with Gasteiger partial charge in [0, 0.05) is 23.2 Å². The third kappa shape index (κ3) is 2.42. The van der Waals surface area contributed by atoms with Crippen LogP contribution in [0.1, 0.15) is 12.8 Å². The maximum atomic E-state index is 6.06. The number of nitrogens with zero attached hydrogens (tertiary/aromatic N) is 1. The first-order chi connectivity index (χ1) is 8.83. The fourth-order valence-corrected chi connectivity index (χ4v) is 2.46. The Balaban J connectivity index is 1.91. The maximum absolute atomic E-state index is 6.06. The highest BCUT2D eigenvalue weighted by atomic mass is 35.5. The minimum atomic E-state index is 0.250. The van der Waals surface area contributed by atoms with E-state index in [4.69, 9.17) is 16.3 Å². The number of fused-ring (bicyclic) bond motifs is 1. The molecule has 0 radical (unpaired) electrons. The number of hydrogen-bond donors (Lipinski definition) is 1. The van der Waals surface area contributed by atoms with E-state index in [-0.39, 0.29) is 6.10 Å². The van der Waals surface area contributed by atoms with Crippen LogP contribution in [0.2, 0.25) is 5.02 Å². The van der Waals surface area contributed by atoms with Crippen molar-refractivity contribution >= 4 is 22.5 Å². The van der Waals surface area contributed by atoms with Crippen LogP contribution in [-0.2, 0) is 0 Å². The van der Waals surface area contributed by atoms with Gasteiger partial charge in [-0.15, -0.1) is 0 Å². The number of nitrogens with one attached hydrogen (secondary N) is 1. The van der Waals surface area contributed by atoms with Gasteiger partial charge in [-0.25, -0.2) is 0 Å². The van der Waals surface area contributed by atoms with Gasteiger partial charge < -0.3 is 10.1 Å². The third-order valence-electron chi connectivity index (χ3n) is 3.21. The second-order valence-corrected chi connectivity index (χ2v) is 4.99. The SMILES string of the molecule is Clc1ccc2c(O[C@H]3CCCNC3)ccnc2c1. The van der Waals surface area contributed by atoms with E-state index in [1.54, 1.807) is 6.20 Å². The maximum Gasteiger partial charge on any atom is 0.130 e. The molecule has 94 valence electrons. The van der Waals surface area contributed by atoms with Crippen LogP contribution in [0, 0.1) is 0 Å². The Kier molecular flexibility index (Phi) is 3.35. The predicted octanol–water partition coefficient (Wildman–Crippen LogP) is 3.02. The number of benzene rings is 1. The van der Waals surface area contributed by atoms with Gasteiger partial charge in [-0.2, -0.15) is 0 Å². The van der Waals surface area contributed by atoms with Crippen LogP contribution in [-0.4, -0.2) is 24.2 Å². The number of ether oxygens (including phenoxy) is 1. The summed E-state index contributed by atoms with van der Waals surface area (Å²) < 4.78 is 6.06. The van der Waals surface area contributed by atoms with Crippen LogP contribution >= 0.6 is 11.6 Å². The first-order valence-corrected chi connectivity index (χ1v) is 6.62. The lowest BCUT2D eigenvalue weighted by molar-refractivity contribution is 0.169. The number of rotatable bonds is 2. The molecule has 0 aliphatic carbocycles. The van der Waals surface area contributed by atoms with Crippen LogP contribution in [0.4, 0.5) is 0 Å². The highest BCUT2D eigenvalue weighted by Gasteiger charge is 2.15. The monoisotopic (exact) mass is 262 g/mol. The van der Waals surface area contributed by atoms with Gasteiger partial charge in [-0.3, -0.25) is 4.98 Å². The summed E-state index contributed by atoms with van der Waals surface area (Å²) in [5, 5.41) is 5.07. The molecule has 0 bridgehead atoms. The van der Waals surface area contributed by atoms with Crippen LogP contribution in [0.15, 0.2) is 30.5 Å². The smallest absolute Gasteiger partial charge is 0.130 e. The largest absolute Gasteiger partial charge is 0.488 e. The molecule has 1 fully saturated rings. The van der Waals surface area contributed by atoms with Gasteiger partial charge in [0.25, 0.3) is 0 Å². The van der Waals surface area contributed by atoms with Crippen molar-refractivity contribution in [2.24, 2.45) is 0 Å². The summed E-state index contributed by atoms with van der Waals surface area (Å²) in [4.78, 5) is 4.32. The third-order valence-corrected chi connectivity index (χ3v) is 3.45. The molecular formula is C14H15ClN2O. The lowest BCUT2D eigenvalue weighted by Gasteiger charge is -2.24. The minimum absolute atomic E-state index is 0.250. The molecular weight excluding hydrogens is 248 g/mol.